The maximum Gasteiger partial charge on any atom is 0.188 e. The van der Waals surface area contributed by atoms with Crippen molar-refractivity contribution in [1.82, 2.24) is 0 Å². The Labute approximate surface area is 163 Å². The lowest BCUT2D eigenvalue weighted by Gasteiger charge is -2.37. The van der Waals surface area contributed by atoms with Crippen LogP contribution in [0.4, 0.5) is 0 Å². The number of hydrogen-bond donors (Lipinski definition) is 0. The van der Waals surface area contributed by atoms with Gasteiger partial charge in [-0.05, 0) is 34.1 Å². The third-order valence-corrected chi connectivity index (χ3v) is 16.1. The van der Waals surface area contributed by atoms with Crippen molar-refractivity contribution in [3.05, 3.63) is 0 Å². The average Bonchev–Trinajstić information content (AvgIpc) is 3.11. The van der Waals surface area contributed by atoms with Crippen molar-refractivity contribution < 1.29 is 23.7 Å². The molecule has 0 N–H and O–H groups in total. The molecule has 5 atom stereocenters. The first-order valence-corrected chi connectivity index (χ1v) is 15.0. The van der Waals surface area contributed by atoms with Crippen LogP contribution in [0, 0.1) is 5.92 Å². The predicted molar refractivity (Wildman–Crippen MR) is 106 cm³/mol. The Kier molecular flexibility index (Phi) is 5.45. The molecule has 4 heterocycles. The van der Waals surface area contributed by atoms with E-state index >= 15 is 0 Å². The van der Waals surface area contributed by atoms with E-state index in [2.05, 4.69) is 0 Å². The fourth-order valence-corrected chi connectivity index (χ4v) is 14.6. The van der Waals surface area contributed by atoms with Gasteiger partial charge in [0.15, 0.2) is 17.9 Å². The van der Waals surface area contributed by atoms with Gasteiger partial charge in [-0.1, -0.05) is 0 Å². The second-order valence-corrected chi connectivity index (χ2v) is 20.1. The second-order valence-electron chi connectivity index (χ2n) is 7.91. The number of rotatable bonds is 3. The zero-order chi connectivity index (χ0) is 17.9. The zero-order valence-corrected chi connectivity index (χ0v) is 18.5. The van der Waals surface area contributed by atoms with E-state index in [4.69, 9.17) is 35.9 Å². The molecule has 4 aliphatic heterocycles. The number of ether oxygens (including phenoxy) is 5. The van der Waals surface area contributed by atoms with E-state index in [1.807, 2.05) is 50.5 Å². The Morgan fingerprint density at radius 2 is 1.72 bits per heavy atom. The third-order valence-electron chi connectivity index (χ3n) is 4.92. The highest BCUT2D eigenvalue weighted by atomic mass is 33.4. The molecule has 9 heteroatoms. The van der Waals surface area contributed by atoms with E-state index in [0.29, 0.717) is 6.61 Å². The molecule has 0 aromatic rings. The first-order chi connectivity index (χ1) is 11.7. The van der Waals surface area contributed by atoms with Crippen LogP contribution in [-0.4, -0.2) is 60.5 Å². The summed E-state index contributed by atoms with van der Waals surface area (Å²) >= 11 is 10.1. The summed E-state index contributed by atoms with van der Waals surface area (Å²) in [7, 11) is 0. The third kappa shape index (κ3) is 4.18. The summed E-state index contributed by atoms with van der Waals surface area (Å²) in [6.45, 7) is 8.33. The molecule has 0 aromatic heterocycles. The van der Waals surface area contributed by atoms with Gasteiger partial charge in [-0.15, -0.1) is 0 Å². The minimum atomic E-state index is -1.51. The second kappa shape index (κ2) is 6.96. The van der Waals surface area contributed by atoms with Gasteiger partial charge < -0.3 is 35.9 Å². The molecule has 0 bridgehead atoms. The highest BCUT2D eigenvalue weighted by Crippen LogP contribution is 2.81. The first kappa shape index (κ1) is 19.6. The van der Waals surface area contributed by atoms with Crippen LogP contribution in [0.15, 0.2) is 0 Å². The molecule has 5 nitrogen and oxygen atoms in total. The molecule has 0 saturated carbocycles. The highest BCUT2D eigenvalue weighted by molar-refractivity contribution is 9.12. The van der Waals surface area contributed by atoms with Gasteiger partial charge in [-0.2, -0.15) is 0 Å². The Hall–Kier alpha value is 1.28. The minimum Gasteiger partial charge on any atom is -0.532 e. The topological polar surface area (TPSA) is 46.2 Å². The van der Waals surface area contributed by atoms with Crippen LogP contribution >= 0.6 is 27.6 Å². The quantitative estimate of drug-likeness (QED) is 0.499. The van der Waals surface area contributed by atoms with Crippen molar-refractivity contribution >= 4 is 39.9 Å². The maximum atomic E-state index is 6.30. The van der Waals surface area contributed by atoms with Gasteiger partial charge in [0.2, 0.25) is 0 Å². The summed E-state index contributed by atoms with van der Waals surface area (Å²) in [4.78, 5) is -1.51. The maximum absolute atomic E-state index is 6.30. The minimum absolute atomic E-state index is 0.0738. The molecule has 4 aliphatic rings. The number of fused-ring (bicyclic) bond motifs is 1. The van der Waals surface area contributed by atoms with Gasteiger partial charge in [0.1, 0.15) is 12.2 Å². The Bertz CT molecular complexity index is 514. The summed E-state index contributed by atoms with van der Waals surface area (Å²) in [5, 5.41) is 0. The van der Waals surface area contributed by atoms with E-state index in [-0.39, 0.29) is 30.5 Å². The van der Waals surface area contributed by atoms with Crippen LogP contribution in [0.25, 0.3) is 0 Å². The number of hydrogen-bond acceptors (Lipinski definition) is 8. The fraction of sp³-hybridized carbons (Fsp3) is 1.00. The van der Waals surface area contributed by atoms with E-state index in [1.54, 1.807) is 0 Å². The molecule has 0 spiro atoms. The standard InChI is InChI=1S/C16H27O5PS3/c1-15(2)17-8-11(19-15)12-10(9-22(23)24-6-5-7-25-22)13-14(18-12)21-16(3,4)20-13/h10-14H,5-9H2,1-4H3/t10-,11-,12+,13-,14-/m1/s1. The van der Waals surface area contributed by atoms with Crippen LogP contribution in [-0.2, 0) is 35.9 Å². The summed E-state index contributed by atoms with van der Waals surface area (Å²) in [5.74, 6) is 1.38. The highest BCUT2D eigenvalue weighted by Gasteiger charge is 2.60. The summed E-state index contributed by atoms with van der Waals surface area (Å²) < 4.78 is 30.4. The largest absolute Gasteiger partial charge is 0.532 e. The summed E-state index contributed by atoms with van der Waals surface area (Å²) in [6.07, 6.45) is 1.63. The smallest absolute Gasteiger partial charge is 0.188 e. The molecule has 4 rings (SSSR count). The lowest BCUT2D eigenvalue weighted by Crippen LogP contribution is -2.40. The van der Waals surface area contributed by atoms with Crippen LogP contribution in [0.2, 0.25) is 0 Å². The summed E-state index contributed by atoms with van der Waals surface area (Å²) in [5.41, 5.74) is 0. The lowest BCUT2D eigenvalue weighted by molar-refractivity contribution is -0.226. The normalized spacial score (nSPS) is 44.8. The van der Waals surface area contributed by atoms with Crippen LogP contribution in [0.3, 0.4) is 0 Å². The van der Waals surface area contributed by atoms with Crippen molar-refractivity contribution in [2.45, 2.75) is 70.3 Å². The van der Waals surface area contributed by atoms with Crippen molar-refractivity contribution in [2.75, 3.05) is 24.3 Å². The van der Waals surface area contributed by atoms with E-state index in [9.17, 15) is 0 Å². The van der Waals surface area contributed by atoms with Crippen LogP contribution in [0.5, 0.6) is 0 Å². The van der Waals surface area contributed by atoms with Crippen molar-refractivity contribution in [3.63, 3.8) is 0 Å². The van der Waals surface area contributed by atoms with Crippen LogP contribution < -0.4 is 0 Å². The predicted octanol–water partition coefficient (Wildman–Crippen LogP) is 3.81. The average molecular weight is 427 g/mol. The van der Waals surface area contributed by atoms with E-state index in [1.165, 1.54) is 17.9 Å². The molecular formula is C16H27O5PS3. The fourth-order valence-electron chi connectivity index (χ4n) is 3.91. The molecule has 0 aliphatic carbocycles. The van der Waals surface area contributed by atoms with E-state index < -0.39 is 16.4 Å². The summed E-state index contributed by atoms with van der Waals surface area (Å²) in [6, 6.07) is 0. The zero-order valence-electron chi connectivity index (χ0n) is 15.1. The van der Waals surface area contributed by atoms with Gasteiger partial charge >= 0.3 is 0 Å². The molecule has 0 aromatic carbocycles. The van der Waals surface area contributed by atoms with Crippen molar-refractivity contribution in [3.8, 4) is 0 Å². The van der Waals surface area contributed by atoms with Gasteiger partial charge in [0, 0.05) is 39.1 Å². The lowest BCUT2D eigenvalue weighted by atomic mass is 9.97. The Morgan fingerprint density at radius 3 is 2.36 bits per heavy atom. The van der Waals surface area contributed by atoms with Crippen molar-refractivity contribution in [1.29, 1.82) is 0 Å². The van der Waals surface area contributed by atoms with E-state index in [0.717, 1.165) is 6.16 Å². The van der Waals surface area contributed by atoms with Gasteiger partial charge in [-0.25, -0.2) is 0 Å². The SMILES string of the molecule is CC1(C)O[C@H]2O[C@H]([C@H]3COC(C)(C)O3)[C@@H](C[P+]3([S-])SCCCS3)[C@H]2O1. The van der Waals surface area contributed by atoms with Gasteiger partial charge in [0.05, 0.1) is 24.8 Å². The Morgan fingerprint density at radius 1 is 1.00 bits per heavy atom. The molecule has 0 unspecified atom stereocenters. The van der Waals surface area contributed by atoms with Gasteiger partial charge in [0.25, 0.3) is 0 Å². The molecule has 0 radical (unpaired) electrons. The molecule has 4 saturated heterocycles. The Balaban J connectivity index is 1.54. The molecule has 0 amide bonds. The monoisotopic (exact) mass is 426 g/mol. The molecule has 4 fully saturated rings. The first-order valence-electron chi connectivity index (χ1n) is 8.87. The molecular weight excluding hydrogens is 399 g/mol. The van der Waals surface area contributed by atoms with Gasteiger partial charge in [-0.3, -0.25) is 0 Å². The van der Waals surface area contributed by atoms with Crippen LogP contribution in [0.1, 0.15) is 34.1 Å². The molecule has 144 valence electrons. The van der Waals surface area contributed by atoms with Crippen molar-refractivity contribution in [2.24, 2.45) is 5.92 Å². The molecule has 25 heavy (non-hydrogen) atoms.